The van der Waals surface area contributed by atoms with Crippen molar-refractivity contribution in [2.75, 3.05) is 4.72 Å². The number of Topliss-reactive ketones (excluding diaryl/α,β-unsaturated/α-hetero) is 1. The van der Waals surface area contributed by atoms with Crippen LogP contribution < -0.4 is 4.72 Å². The molecular formula is C27H27NO5S. The predicted octanol–water partition coefficient (Wildman–Crippen LogP) is 5.40. The Kier molecular flexibility index (Phi) is 7.37. The Morgan fingerprint density at radius 3 is 2.06 bits per heavy atom. The molecule has 0 atom stereocenters. The third kappa shape index (κ3) is 6.42. The highest BCUT2D eigenvalue weighted by molar-refractivity contribution is 7.92. The van der Waals surface area contributed by atoms with Gasteiger partial charge in [-0.25, -0.2) is 13.2 Å². The molecule has 0 aliphatic rings. The molecule has 176 valence electrons. The molecule has 0 bridgehead atoms. The number of hydrogen-bond acceptors (Lipinski definition) is 5. The highest BCUT2D eigenvalue weighted by Gasteiger charge is 2.28. The third-order valence-electron chi connectivity index (χ3n) is 4.72. The van der Waals surface area contributed by atoms with E-state index >= 15 is 0 Å². The lowest BCUT2D eigenvalue weighted by Crippen LogP contribution is -2.27. The number of aryl methyl sites for hydroxylation is 1. The minimum atomic E-state index is -3.96. The molecule has 3 aromatic carbocycles. The normalized spacial score (nSPS) is 12.2. The molecule has 6 nitrogen and oxygen atoms in total. The van der Waals surface area contributed by atoms with E-state index in [1.54, 1.807) is 69.3 Å². The number of ether oxygens (including phenoxy) is 1. The fourth-order valence-corrected chi connectivity index (χ4v) is 4.18. The minimum Gasteiger partial charge on any atom is -0.456 e. The molecule has 0 radical (unpaired) electrons. The predicted molar refractivity (Wildman–Crippen MR) is 133 cm³/mol. The largest absolute Gasteiger partial charge is 0.456 e. The monoisotopic (exact) mass is 477 g/mol. The van der Waals surface area contributed by atoms with Gasteiger partial charge in [-0.2, -0.15) is 0 Å². The summed E-state index contributed by atoms with van der Waals surface area (Å²) in [5.41, 5.74) is 0.626. The lowest BCUT2D eigenvalue weighted by atomic mass is 9.99. The van der Waals surface area contributed by atoms with Crippen molar-refractivity contribution < 1.29 is 22.7 Å². The van der Waals surface area contributed by atoms with Gasteiger partial charge in [0.15, 0.2) is 0 Å². The molecule has 0 saturated carbocycles. The molecule has 0 spiro atoms. The van der Waals surface area contributed by atoms with E-state index in [1.807, 2.05) is 13.0 Å². The highest BCUT2D eigenvalue weighted by Crippen LogP contribution is 2.25. The number of hydrogen-bond donors (Lipinski definition) is 1. The van der Waals surface area contributed by atoms with Gasteiger partial charge < -0.3 is 4.74 Å². The molecule has 34 heavy (non-hydrogen) atoms. The number of benzene rings is 3. The summed E-state index contributed by atoms with van der Waals surface area (Å²) in [5, 5.41) is 0. The van der Waals surface area contributed by atoms with E-state index in [1.165, 1.54) is 30.3 Å². The number of anilines is 1. The number of esters is 1. The average Bonchev–Trinajstić information content (AvgIpc) is 2.77. The second-order valence-corrected chi connectivity index (χ2v) is 10.4. The first-order valence-electron chi connectivity index (χ1n) is 10.7. The molecule has 3 aromatic rings. The van der Waals surface area contributed by atoms with E-state index in [9.17, 15) is 18.0 Å². The van der Waals surface area contributed by atoms with Crippen LogP contribution in [-0.2, 0) is 19.6 Å². The molecule has 0 aliphatic heterocycles. The molecule has 0 saturated heterocycles. The number of nitrogens with one attached hydrogen (secondary N) is 1. The summed E-state index contributed by atoms with van der Waals surface area (Å²) in [6, 6.07) is 21.4. The van der Waals surface area contributed by atoms with Crippen LogP contribution in [-0.4, -0.2) is 25.8 Å². The summed E-state index contributed by atoms with van der Waals surface area (Å²) < 4.78 is 33.8. The number of carbonyl (C=O) groups excluding carboxylic acids is 2. The van der Waals surface area contributed by atoms with Gasteiger partial charge in [-0.1, -0.05) is 60.2 Å². The quantitative estimate of drug-likeness (QED) is 0.162. The average molecular weight is 478 g/mol. The maximum atomic E-state index is 13.6. The van der Waals surface area contributed by atoms with Crippen LogP contribution in [0.3, 0.4) is 0 Å². The molecule has 1 N–H and O–H groups in total. The van der Waals surface area contributed by atoms with Crippen molar-refractivity contribution >= 4 is 33.5 Å². The van der Waals surface area contributed by atoms with Gasteiger partial charge in [-0.05, 0) is 63.6 Å². The fraction of sp³-hybridized carbons (Fsp3) is 0.185. The van der Waals surface area contributed by atoms with Crippen LogP contribution in [0.15, 0.2) is 89.3 Å². The van der Waals surface area contributed by atoms with E-state index in [4.69, 9.17) is 4.74 Å². The van der Waals surface area contributed by atoms with Gasteiger partial charge in [-0.15, -0.1) is 0 Å². The summed E-state index contributed by atoms with van der Waals surface area (Å²) in [7, 11) is -3.96. The molecule has 0 unspecified atom stereocenters. The number of para-hydroxylation sites is 1. The topological polar surface area (TPSA) is 89.5 Å². The van der Waals surface area contributed by atoms with Crippen LogP contribution in [0.1, 0.15) is 42.3 Å². The molecule has 3 rings (SSSR count). The fourth-order valence-electron chi connectivity index (χ4n) is 3.10. The van der Waals surface area contributed by atoms with Crippen molar-refractivity contribution in [1.29, 1.82) is 0 Å². The third-order valence-corrected chi connectivity index (χ3v) is 6.10. The summed E-state index contributed by atoms with van der Waals surface area (Å²) in [6.45, 7) is 6.98. The maximum Gasteiger partial charge on any atom is 0.342 e. The Balaban J connectivity index is 2.03. The zero-order chi connectivity index (χ0) is 24.9. The summed E-state index contributed by atoms with van der Waals surface area (Å²) >= 11 is 0. The van der Waals surface area contributed by atoms with Gasteiger partial charge in [0, 0.05) is 5.56 Å². The van der Waals surface area contributed by atoms with Crippen molar-refractivity contribution in [2.45, 2.75) is 38.2 Å². The zero-order valence-electron chi connectivity index (χ0n) is 19.5. The van der Waals surface area contributed by atoms with E-state index in [0.29, 0.717) is 5.56 Å². The van der Waals surface area contributed by atoms with Gasteiger partial charge in [0.2, 0.25) is 5.78 Å². The number of carbonyl (C=O) groups is 2. The number of sulfonamides is 1. The van der Waals surface area contributed by atoms with Gasteiger partial charge in [0.25, 0.3) is 10.0 Å². The second-order valence-electron chi connectivity index (χ2n) is 8.76. The van der Waals surface area contributed by atoms with Gasteiger partial charge in [0.05, 0.1) is 10.6 Å². The highest BCUT2D eigenvalue weighted by atomic mass is 32.2. The van der Waals surface area contributed by atoms with Crippen LogP contribution in [0.2, 0.25) is 0 Å². The smallest absolute Gasteiger partial charge is 0.342 e. The van der Waals surface area contributed by atoms with Crippen LogP contribution >= 0.6 is 0 Å². The summed E-state index contributed by atoms with van der Waals surface area (Å²) in [5.74, 6) is -1.45. The second kappa shape index (κ2) is 10.1. The Morgan fingerprint density at radius 1 is 0.853 bits per heavy atom. The van der Waals surface area contributed by atoms with Crippen molar-refractivity contribution in [3.8, 4) is 0 Å². The Bertz CT molecular complexity index is 1320. The first kappa shape index (κ1) is 24.9. The molecule has 0 aromatic heterocycles. The zero-order valence-corrected chi connectivity index (χ0v) is 20.3. The standard InChI is InChI=1S/C27H27NO5S/c1-19-14-16-21(17-15-19)34(31,32)28-24-13-9-8-12-22(24)25(29)23(26(30)33-27(2,3)4)18-20-10-6-5-7-11-20/h5-18,28H,1-4H3/b23-18+. The first-order chi connectivity index (χ1) is 16.0. The van der Waals surface area contributed by atoms with Gasteiger partial charge in [0.1, 0.15) is 11.2 Å². The minimum absolute atomic E-state index is 0.0335. The van der Waals surface area contributed by atoms with Crippen LogP contribution in [0.25, 0.3) is 6.08 Å². The van der Waals surface area contributed by atoms with Crippen molar-refractivity contribution in [1.82, 2.24) is 0 Å². The molecule has 0 heterocycles. The lowest BCUT2D eigenvalue weighted by Gasteiger charge is -2.21. The Morgan fingerprint density at radius 2 is 1.44 bits per heavy atom. The van der Waals surface area contributed by atoms with Crippen molar-refractivity contribution in [3.63, 3.8) is 0 Å². The molecule has 0 amide bonds. The van der Waals surface area contributed by atoms with E-state index in [2.05, 4.69) is 4.72 Å². The van der Waals surface area contributed by atoms with Gasteiger partial charge >= 0.3 is 5.97 Å². The van der Waals surface area contributed by atoms with E-state index in [-0.39, 0.29) is 21.7 Å². The lowest BCUT2D eigenvalue weighted by molar-refractivity contribution is -0.149. The van der Waals surface area contributed by atoms with Gasteiger partial charge in [-0.3, -0.25) is 9.52 Å². The van der Waals surface area contributed by atoms with E-state index < -0.39 is 27.4 Å². The SMILES string of the molecule is Cc1ccc(S(=O)(=O)Nc2ccccc2C(=O)/C(=C\c2ccccc2)C(=O)OC(C)(C)C)cc1. The number of rotatable bonds is 7. The van der Waals surface area contributed by atoms with Crippen LogP contribution in [0.4, 0.5) is 5.69 Å². The maximum absolute atomic E-state index is 13.6. The van der Waals surface area contributed by atoms with Crippen molar-refractivity contribution in [2.24, 2.45) is 0 Å². The molecular weight excluding hydrogens is 450 g/mol. The molecule has 0 fully saturated rings. The first-order valence-corrected chi connectivity index (χ1v) is 12.2. The molecule has 0 aliphatic carbocycles. The Labute approximate surface area is 200 Å². The van der Waals surface area contributed by atoms with Crippen LogP contribution in [0.5, 0.6) is 0 Å². The molecule has 7 heteroatoms. The van der Waals surface area contributed by atoms with Crippen molar-refractivity contribution in [3.05, 3.63) is 101 Å². The number of ketones is 1. The summed E-state index contributed by atoms with van der Waals surface area (Å²) in [4.78, 5) is 26.6. The summed E-state index contributed by atoms with van der Waals surface area (Å²) in [6.07, 6.45) is 1.45. The van der Waals surface area contributed by atoms with Crippen LogP contribution in [0, 0.1) is 6.92 Å². The Hall–Kier alpha value is -3.71. The van der Waals surface area contributed by atoms with E-state index in [0.717, 1.165) is 5.56 Å².